The summed E-state index contributed by atoms with van der Waals surface area (Å²) in [5.74, 6) is 2.06. The molecular formula is C16H12N4O. The van der Waals surface area contributed by atoms with Gasteiger partial charge in [-0.25, -0.2) is 4.68 Å². The molecule has 5 heteroatoms. The molecule has 3 aromatic rings. The summed E-state index contributed by atoms with van der Waals surface area (Å²) >= 11 is 0. The normalized spacial score (nSPS) is 14.5. The minimum absolute atomic E-state index is 0.641. The summed E-state index contributed by atoms with van der Waals surface area (Å²) in [4.78, 5) is 4.21. The van der Waals surface area contributed by atoms with Crippen LogP contribution in [0.4, 0.5) is 0 Å². The van der Waals surface area contributed by atoms with Gasteiger partial charge in [0.1, 0.15) is 18.2 Å². The maximum atomic E-state index is 5.79. The van der Waals surface area contributed by atoms with Crippen LogP contribution >= 0.6 is 0 Å². The van der Waals surface area contributed by atoms with Crippen LogP contribution in [0.25, 0.3) is 23.0 Å². The number of hydrogen-bond donors (Lipinski definition) is 0. The summed E-state index contributed by atoms with van der Waals surface area (Å²) in [6.45, 7) is 1.39. The van der Waals surface area contributed by atoms with E-state index in [0.29, 0.717) is 6.61 Å². The van der Waals surface area contributed by atoms with Crippen molar-refractivity contribution in [2.24, 2.45) is 0 Å². The Balaban J connectivity index is 1.78. The molecule has 0 saturated heterocycles. The Morgan fingerprint density at radius 1 is 1.24 bits per heavy atom. The highest BCUT2D eigenvalue weighted by Crippen LogP contribution is 2.39. The summed E-state index contributed by atoms with van der Waals surface area (Å²) in [5.41, 5.74) is 4.44. The lowest BCUT2D eigenvalue weighted by Crippen LogP contribution is -2.12. The number of rotatable bonds is 1. The van der Waals surface area contributed by atoms with Crippen LogP contribution in [0.15, 0.2) is 43.0 Å². The van der Waals surface area contributed by atoms with Crippen molar-refractivity contribution in [2.45, 2.75) is 6.54 Å². The van der Waals surface area contributed by atoms with Gasteiger partial charge in [-0.05, 0) is 18.2 Å². The Kier molecular flexibility index (Phi) is 2.00. The van der Waals surface area contributed by atoms with Crippen LogP contribution in [0.1, 0.15) is 11.3 Å². The van der Waals surface area contributed by atoms with Gasteiger partial charge in [0.2, 0.25) is 0 Å². The van der Waals surface area contributed by atoms with Crippen molar-refractivity contribution in [3.05, 3.63) is 54.3 Å². The second-order valence-corrected chi connectivity index (χ2v) is 5.23. The van der Waals surface area contributed by atoms with Crippen LogP contribution in [-0.4, -0.2) is 25.9 Å². The lowest BCUT2D eigenvalue weighted by atomic mass is 10.1. The molecule has 0 unspecified atom stereocenters. The molecule has 0 radical (unpaired) electrons. The molecule has 0 aliphatic carbocycles. The number of pyridine rings is 1. The van der Waals surface area contributed by atoms with Gasteiger partial charge in [0.15, 0.2) is 0 Å². The molecule has 0 amide bonds. The molecule has 5 heterocycles. The van der Waals surface area contributed by atoms with E-state index in [2.05, 4.69) is 33.0 Å². The monoisotopic (exact) mass is 276 g/mol. The van der Waals surface area contributed by atoms with Crippen molar-refractivity contribution in [3.63, 3.8) is 0 Å². The van der Waals surface area contributed by atoms with E-state index in [1.54, 1.807) is 6.20 Å². The van der Waals surface area contributed by atoms with Crippen LogP contribution in [-0.2, 0) is 6.54 Å². The zero-order chi connectivity index (χ0) is 13.8. The molecule has 5 rings (SSSR count). The Hall–Kier alpha value is -2.82. The minimum atomic E-state index is 0.641. The molecule has 0 spiro atoms. The molecule has 102 valence electrons. The fraction of sp³-hybridized carbons (Fsp3) is 0.125. The summed E-state index contributed by atoms with van der Waals surface area (Å²) in [5, 5.41) is 4.53. The van der Waals surface area contributed by atoms with E-state index in [1.807, 2.05) is 29.2 Å². The zero-order valence-electron chi connectivity index (χ0n) is 11.2. The van der Waals surface area contributed by atoms with Gasteiger partial charge in [0, 0.05) is 35.3 Å². The van der Waals surface area contributed by atoms with E-state index in [1.165, 1.54) is 5.56 Å². The Morgan fingerprint density at radius 2 is 2.24 bits per heavy atom. The predicted octanol–water partition coefficient (Wildman–Crippen LogP) is 2.50. The first-order chi connectivity index (χ1) is 10.4. The van der Waals surface area contributed by atoms with Crippen LogP contribution in [0.5, 0.6) is 5.75 Å². The highest BCUT2D eigenvalue weighted by molar-refractivity contribution is 5.74. The highest BCUT2D eigenvalue weighted by atomic mass is 16.5. The SMILES string of the molecule is C1=Cc2c(c3cn2-c2c(-c4cccnc4)cnn2C3)OC1. The third-order valence-electron chi connectivity index (χ3n) is 4.00. The van der Waals surface area contributed by atoms with Crippen molar-refractivity contribution in [2.75, 3.05) is 6.61 Å². The summed E-state index contributed by atoms with van der Waals surface area (Å²) in [6, 6.07) is 4.00. The molecule has 0 saturated carbocycles. The molecular weight excluding hydrogens is 264 g/mol. The first-order valence-corrected chi connectivity index (χ1v) is 6.92. The first-order valence-electron chi connectivity index (χ1n) is 6.92. The van der Waals surface area contributed by atoms with Gasteiger partial charge in [0.05, 0.1) is 18.4 Å². The van der Waals surface area contributed by atoms with Gasteiger partial charge in [-0.1, -0.05) is 6.07 Å². The van der Waals surface area contributed by atoms with Crippen molar-refractivity contribution >= 4 is 6.08 Å². The van der Waals surface area contributed by atoms with Gasteiger partial charge in [-0.2, -0.15) is 5.10 Å². The number of aromatic nitrogens is 4. The Morgan fingerprint density at radius 3 is 3.14 bits per heavy atom. The number of nitrogens with zero attached hydrogens (tertiary/aromatic N) is 4. The molecule has 0 aromatic carbocycles. The zero-order valence-corrected chi connectivity index (χ0v) is 11.2. The Bertz CT molecular complexity index is 873. The van der Waals surface area contributed by atoms with Gasteiger partial charge in [-0.15, -0.1) is 0 Å². The lowest BCUT2D eigenvalue weighted by Gasteiger charge is -2.14. The van der Waals surface area contributed by atoms with E-state index in [4.69, 9.17) is 4.74 Å². The quantitative estimate of drug-likeness (QED) is 0.536. The lowest BCUT2D eigenvalue weighted by molar-refractivity contribution is 0.354. The standard InChI is InChI=1S/C16H12N4O/c1-3-11(7-17-5-1)13-8-18-20-10-12-9-19(16(13)20)14-4-2-6-21-15(12)14/h1-5,7-9H,6,10H2. The van der Waals surface area contributed by atoms with E-state index < -0.39 is 0 Å². The Labute approximate surface area is 121 Å². The van der Waals surface area contributed by atoms with Gasteiger partial charge in [-0.3, -0.25) is 9.55 Å². The third-order valence-corrected chi connectivity index (χ3v) is 4.00. The summed E-state index contributed by atoms with van der Waals surface area (Å²) in [6.07, 6.45) is 11.9. The van der Waals surface area contributed by atoms with Crippen LogP contribution < -0.4 is 4.74 Å². The highest BCUT2D eigenvalue weighted by Gasteiger charge is 2.28. The number of ether oxygens (including phenoxy) is 1. The summed E-state index contributed by atoms with van der Waals surface area (Å²) < 4.78 is 9.98. The predicted molar refractivity (Wildman–Crippen MR) is 78.4 cm³/mol. The average Bonchev–Trinajstić information content (AvgIpc) is 3.10. The molecule has 0 N–H and O–H groups in total. The van der Waals surface area contributed by atoms with E-state index in [0.717, 1.165) is 34.9 Å². The third kappa shape index (κ3) is 1.40. The maximum Gasteiger partial charge on any atom is 0.150 e. The molecule has 3 aromatic heterocycles. The number of fused-ring (bicyclic) bond motifs is 7. The topological polar surface area (TPSA) is 44.9 Å². The van der Waals surface area contributed by atoms with Crippen LogP contribution in [0, 0.1) is 0 Å². The smallest absolute Gasteiger partial charge is 0.150 e. The van der Waals surface area contributed by atoms with Crippen molar-refractivity contribution in [3.8, 4) is 22.7 Å². The van der Waals surface area contributed by atoms with E-state index >= 15 is 0 Å². The van der Waals surface area contributed by atoms with Crippen molar-refractivity contribution in [1.29, 1.82) is 0 Å². The average molecular weight is 276 g/mol. The molecule has 2 aliphatic heterocycles. The summed E-state index contributed by atoms with van der Waals surface area (Å²) in [7, 11) is 0. The molecule has 0 atom stereocenters. The largest absolute Gasteiger partial charge is 0.487 e. The maximum absolute atomic E-state index is 5.79. The van der Waals surface area contributed by atoms with Gasteiger partial charge < -0.3 is 4.74 Å². The van der Waals surface area contributed by atoms with Crippen LogP contribution in [0.3, 0.4) is 0 Å². The van der Waals surface area contributed by atoms with Crippen molar-refractivity contribution in [1.82, 2.24) is 19.3 Å². The van der Waals surface area contributed by atoms with Crippen molar-refractivity contribution < 1.29 is 4.74 Å². The second kappa shape index (κ2) is 3.85. The van der Waals surface area contributed by atoms with Gasteiger partial charge >= 0.3 is 0 Å². The first kappa shape index (κ1) is 10.9. The fourth-order valence-electron chi connectivity index (χ4n) is 3.10. The molecule has 2 aliphatic rings. The van der Waals surface area contributed by atoms with Crippen LogP contribution in [0.2, 0.25) is 0 Å². The molecule has 2 bridgehead atoms. The fourth-order valence-corrected chi connectivity index (χ4v) is 3.10. The van der Waals surface area contributed by atoms with Gasteiger partial charge in [0.25, 0.3) is 0 Å². The van der Waals surface area contributed by atoms with E-state index in [-0.39, 0.29) is 0 Å². The van der Waals surface area contributed by atoms with E-state index in [9.17, 15) is 0 Å². The number of hydrogen-bond acceptors (Lipinski definition) is 3. The second-order valence-electron chi connectivity index (χ2n) is 5.23. The minimum Gasteiger partial charge on any atom is -0.487 e. The molecule has 5 nitrogen and oxygen atoms in total. The molecule has 21 heavy (non-hydrogen) atoms. The molecule has 0 fully saturated rings.